The zero-order valence-electron chi connectivity index (χ0n) is 10.6. The number of piperidine rings is 1. The van der Waals surface area contributed by atoms with E-state index in [-0.39, 0.29) is 0 Å². The second-order valence-electron chi connectivity index (χ2n) is 5.24. The first-order valence-electron chi connectivity index (χ1n) is 6.67. The van der Waals surface area contributed by atoms with Gasteiger partial charge in [-0.25, -0.2) is 0 Å². The van der Waals surface area contributed by atoms with Crippen LogP contribution in [-0.4, -0.2) is 46.3 Å². The predicted molar refractivity (Wildman–Crippen MR) is 63.0 cm³/mol. The fraction of sp³-hybridized carbons (Fsp3) is 1.00. The molecular weight excluding hydrogens is 186 g/mol. The molecule has 5 N–H and O–H groups in total. The smallest absolute Gasteiger partial charge is 0.0981 e. The van der Waals surface area contributed by atoms with Gasteiger partial charge in [0.15, 0.2) is 0 Å². The Balaban J connectivity index is 2.08. The summed E-state index contributed by atoms with van der Waals surface area (Å²) in [6, 6.07) is 0.938. The van der Waals surface area contributed by atoms with E-state index in [4.69, 9.17) is 0 Å². The molecule has 1 aliphatic rings. The topological polar surface area (TPSA) is 36.5 Å². The first-order valence-corrected chi connectivity index (χ1v) is 6.67. The average Bonchev–Trinajstić information content (AvgIpc) is 2.25. The number of nitrogens with one attached hydrogen (secondary N) is 2. The maximum Gasteiger partial charge on any atom is 0.0981 e. The van der Waals surface area contributed by atoms with E-state index in [1.54, 1.807) is 9.80 Å². The van der Waals surface area contributed by atoms with Gasteiger partial charge >= 0.3 is 0 Å². The molecular formula is C12H30N3+3. The number of hydrogen-bond donors (Lipinski definition) is 3. The minimum atomic E-state index is 0.938. The molecule has 0 saturated carbocycles. The molecule has 1 aliphatic heterocycles. The lowest BCUT2D eigenvalue weighted by atomic mass is 10.0. The average molecular weight is 216 g/mol. The minimum Gasteiger partial charge on any atom is -0.358 e. The molecule has 0 amide bonds. The van der Waals surface area contributed by atoms with Gasteiger partial charge in [0, 0.05) is 12.8 Å². The zero-order chi connectivity index (χ0) is 11.1. The van der Waals surface area contributed by atoms with Crippen LogP contribution in [0.1, 0.15) is 32.1 Å². The molecule has 0 spiro atoms. The lowest BCUT2D eigenvalue weighted by Gasteiger charge is -2.30. The van der Waals surface area contributed by atoms with Crippen LogP contribution in [0.5, 0.6) is 0 Å². The van der Waals surface area contributed by atoms with Gasteiger partial charge in [-0.1, -0.05) is 0 Å². The van der Waals surface area contributed by atoms with Gasteiger partial charge < -0.3 is 15.5 Å². The number of quaternary nitrogens is 3. The summed E-state index contributed by atoms with van der Waals surface area (Å²) in [5.74, 6) is 0. The normalized spacial score (nSPS) is 29.0. The standard InChI is InChI=1S/C12H27N3/c1-14-10-6-12(7-11-14)15(2)9-5-3-4-8-13/h12H,3-11,13H2,1-2H3/p+3. The summed E-state index contributed by atoms with van der Waals surface area (Å²) in [4.78, 5) is 3.49. The van der Waals surface area contributed by atoms with Crippen molar-refractivity contribution in [1.82, 2.24) is 0 Å². The van der Waals surface area contributed by atoms with Crippen LogP contribution in [-0.2, 0) is 0 Å². The molecule has 0 radical (unpaired) electrons. The molecule has 0 aromatic carbocycles. The highest BCUT2D eigenvalue weighted by atomic mass is 15.2. The van der Waals surface area contributed by atoms with Crippen LogP contribution in [0.4, 0.5) is 0 Å². The summed E-state index contributed by atoms with van der Waals surface area (Å²) < 4.78 is 0. The quantitative estimate of drug-likeness (QED) is 0.414. The van der Waals surface area contributed by atoms with E-state index in [1.807, 2.05) is 0 Å². The number of unbranched alkanes of at least 4 members (excludes halogenated alkanes) is 2. The van der Waals surface area contributed by atoms with Crippen molar-refractivity contribution >= 4 is 0 Å². The molecule has 0 aromatic rings. The third-order valence-corrected chi connectivity index (χ3v) is 3.86. The van der Waals surface area contributed by atoms with Crippen molar-refractivity contribution in [2.24, 2.45) is 0 Å². The molecule has 90 valence electrons. The van der Waals surface area contributed by atoms with Crippen LogP contribution in [0, 0.1) is 0 Å². The van der Waals surface area contributed by atoms with Gasteiger partial charge in [0.2, 0.25) is 0 Å². The molecule has 15 heavy (non-hydrogen) atoms. The molecule has 1 unspecified atom stereocenters. The molecule has 3 heteroatoms. The number of likely N-dealkylation sites (tertiary alicyclic amines) is 1. The largest absolute Gasteiger partial charge is 0.358 e. The molecule has 1 saturated heterocycles. The van der Waals surface area contributed by atoms with Gasteiger partial charge in [0.1, 0.15) is 0 Å². The van der Waals surface area contributed by atoms with E-state index in [1.165, 1.54) is 51.7 Å². The molecule has 3 nitrogen and oxygen atoms in total. The van der Waals surface area contributed by atoms with Crippen molar-refractivity contribution in [1.29, 1.82) is 0 Å². The van der Waals surface area contributed by atoms with E-state index in [2.05, 4.69) is 19.8 Å². The van der Waals surface area contributed by atoms with Gasteiger partial charge in [0.05, 0.1) is 46.3 Å². The van der Waals surface area contributed by atoms with E-state index in [0.29, 0.717) is 0 Å². The molecule has 1 heterocycles. The Bertz CT molecular complexity index is 153. The Hall–Kier alpha value is -0.120. The second-order valence-corrected chi connectivity index (χ2v) is 5.24. The maximum atomic E-state index is 3.89. The van der Waals surface area contributed by atoms with Crippen molar-refractivity contribution < 1.29 is 15.5 Å². The van der Waals surface area contributed by atoms with Crippen LogP contribution in [0.15, 0.2) is 0 Å². The first kappa shape index (κ1) is 12.9. The highest BCUT2D eigenvalue weighted by Gasteiger charge is 2.25. The van der Waals surface area contributed by atoms with Crippen molar-refractivity contribution in [2.75, 3.05) is 40.3 Å². The van der Waals surface area contributed by atoms with Gasteiger partial charge in [-0.3, -0.25) is 0 Å². The highest BCUT2D eigenvalue weighted by Crippen LogP contribution is 1.95. The summed E-state index contributed by atoms with van der Waals surface area (Å²) in [5.41, 5.74) is 3.89. The van der Waals surface area contributed by atoms with Gasteiger partial charge in [-0.15, -0.1) is 0 Å². The lowest BCUT2D eigenvalue weighted by molar-refractivity contribution is -0.939. The zero-order valence-corrected chi connectivity index (χ0v) is 10.6. The van der Waals surface area contributed by atoms with E-state index >= 15 is 0 Å². The van der Waals surface area contributed by atoms with Gasteiger partial charge in [-0.2, -0.15) is 0 Å². The Kier molecular flexibility index (Phi) is 6.22. The molecule has 0 aromatic heterocycles. The van der Waals surface area contributed by atoms with Crippen LogP contribution in [0.2, 0.25) is 0 Å². The number of rotatable bonds is 6. The molecule has 1 atom stereocenters. The molecule has 0 bridgehead atoms. The van der Waals surface area contributed by atoms with E-state index < -0.39 is 0 Å². The monoisotopic (exact) mass is 216 g/mol. The summed E-state index contributed by atoms with van der Waals surface area (Å²) in [6.45, 7) is 5.22. The Morgan fingerprint density at radius 1 is 1.20 bits per heavy atom. The molecule has 1 fully saturated rings. The highest BCUT2D eigenvalue weighted by molar-refractivity contribution is 4.58. The van der Waals surface area contributed by atoms with E-state index in [0.717, 1.165) is 12.6 Å². The Labute approximate surface area is 94.6 Å². The van der Waals surface area contributed by atoms with Crippen LogP contribution in [0.3, 0.4) is 0 Å². The van der Waals surface area contributed by atoms with Gasteiger partial charge in [0.25, 0.3) is 0 Å². The maximum absolute atomic E-state index is 3.89. The van der Waals surface area contributed by atoms with Crippen LogP contribution in [0.25, 0.3) is 0 Å². The fourth-order valence-electron chi connectivity index (χ4n) is 2.56. The summed E-state index contributed by atoms with van der Waals surface area (Å²) in [5, 5.41) is 0. The number of hydrogen-bond acceptors (Lipinski definition) is 0. The van der Waals surface area contributed by atoms with Crippen molar-refractivity contribution in [3.8, 4) is 0 Å². The first-order chi connectivity index (χ1) is 7.24. The summed E-state index contributed by atoms with van der Waals surface area (Å²) in [6.07, 6.45) is 6.92. The third-order valence-electron chi connectivity index (χ3n) is 3.86. The van der Waals surface area contributed by atoms with E-state index in [9.17, 15) is 0 Å². The van der Waals surface area contributed by atoms with Gasteiger partial charge in [-0.05, 0) is 19.3 Å². The van der Waals surface area contributed by atoms with Crippen LogP contribution < -0.4 is 15.5 Å². The van der Waals surface area contributed by atoms with Crippen molar-refractivity contribution in [2.45, 2.75) is 38.1 Å². The summed E-state index contributed by atoms with van der Waals surface area (Å²) in [7, 11) is 4.70. The molecule has 1 rings (SSSR count). The van der Waals surface area contributed by atoms with Crippen molar-refractivity contribution in [3.63, 3.8) is 0 Å². The fourth-order valence-corrected chi connectivity index (χ4v) is 2.56. The van der Waals surface area contributed by atoms with Crippen LogP contribution >= 0.6 is 0 Å². The minimum absolute atomic E-state index is 0.938. The SMILES string of the molecule is C[NH+]1CCC([NH+](C)CCCCC[NH3+])CC1. The summed E-state index contributed by atoms with van der Waals surface area (Å²) >= 11 is 0. The molecule has 0 aliphatic carbocycles. The lowest BCUT2D eigenvalue weighted by Crippen LogP contribution is -3.18. The third kappa shape index (κ3) is 4.96. The Morgan fingerprint density at radius 3 is 2.47 bits per heavy atom. The predicted octanol–water partition coefficient (Wildman–Crippen LogP) is -2.41. The van der Waals surface area contributed by atoms with Crippen molar-refractivity contribution in [3.05, 3.63) is 0 Å². The second kappa shape index (κ2) is 7.20. The Morgan fingerprint density at radius 2 is 1.87 bits per heavy atom.